The molecule has 0 atom stereocenters. The molecule has 0 bridgehead atoms. The van der Waals surface area contributed by atoms with Crippen LogP contribution in [-0.2, 0) is 0 Å². The lowest BCUT2D eigenvalue weighted by Gasteiger charge is -2.19. The Balaban J connectivity index is 1.22. The van der Waals surface area contributed by atoms with Gasteiger partial charge in [-0.2, -0.15) is 0 Å². The Morgan fingerprint density at radius 1 is 0.294 bits per heavy atom. The Morgan fingerprint density at radius 3 is 1.51 bits per heavy atom. The summed E-state index contributed by atoms with van der Waals surface area (Å²) in [6, 6.07) is 66.3. The third-order valence-electron chi connectivity index (χ3n) is 10.8. The van der Waals surface area contributed by atoms with Gasteiger partial charge in [-0.3, -0.25) is 0 Å². The summed E-state index contributed by atoms with van der Waals surface area (Å²) < 4.78 is 6.67. The molecule has 0 spiro atoms. The number of furan rings is 1. The smallest absolute Gasteiger partial charge is 0.143 e. The number of benzene rings is 10. The molecule has 0 aliphatic rings. The largest absolute Gasteiger partial charge is 0.455 e. The molecule has 51 heavy (non-hydrogen) atoms. The molecule has 10 aromatic carbocycles. The second-order valence-electron chi connectivity index (χ2n) is 13.6. The molecule has 1 heteroatoms. The molecule has 236 valence electrons. The van der Waals surface area contributed by atoms with E-state index in [4.69, 9.17) is 4.42 Å². The average molecular weight is 647 g/mol. The normalized spacial score (nSPS) is 11.9. The molecule has 0 radical (unpaired) electrons. The zero-order valence-corrected chi connectivity index (χ0v) is 27.7. The maximum atomic E-state index is 6.67. The van der Waals surface area contributed by atoms with Crippen molar-refractivity contribution >= 4 is 75.8 Å². The molecule has 0 fully saturated rings. The summed E-state index contributed by atoms with van der Waals surface area (Å²) in [4.78, 5) is 0. The monoisotopic (exact) mass is 646 g/mol. The minimum atomic E-state index is 0.907. The van der Waals surface area contributed by atoms with E-state index >= 15 is 0 Å². The van der Waals surface area contributed by atoms with Gasteiger partial charge in [-0.25, -0.2) is 0 Å². The summed E-state index contributed by atoms with van der Waals surface area (Å²) >= 11 is 0. The van der Waals surface area contributed by atoms with Crippen LogP contribution in [0.15, 0.2) is 186 Å². The van der Waals surface area contributed by atoms with E-state index < -0.39 is 0 Å². The van der Waals surface area contributed by atoms with Crippen molar-refractivity contribution in [3.05, 3.63) is 182 Å². The Kier molecular flexibility index (Phi) is 6.02. The average Bonchev–Trinajstić information content (AvgIpc) is 3.59. The molecule has 11 rings (SSSR count). The first-order valence-corrected chi connectivity index (χ1v) is 17.6. The Bertz CT molecular complexity index is 3130. The first kappa shape index (κ1) is 28.2. The van der Waals surface area contributed by atoms with Gasteiger partial charge in [0, 0.05) is 16.2 Å². The topological polar surface area (TPSA) is 13.1 Å². The van der Waals surface area contributed by atoms with Crippen LogP contribution in [0.5, 0.6) is 0 Å². The van der Waals surface area contributed by atoms with Gasteiger partial charge in [-0.15, -0.1) is 0 Å². The van der Waals surface area contributed by atoms with Crippen molar-refractivity contribution in [1.82, 2.24) is 0 Å². The molecule has 0 unspecified atom stereocenters. The zero-order chi connectivity index (χ0) is 33.5. The van der Waals surface area contributed by atoms with Gasteiger partial charge in [-0.1, -0.05) is 158 Å². The summed E-state index contributed by atoms with van der Waals surface area (Å²) in [5, 5.41) is 14.7. The predicted octanol–water partition coefficient (Wildman–Crippen LogP) is 14.4. The summed E-state index contributed by atoms with van der Waals surface area (Å²) in [5.74, 6) is 0. The molecular formula is C50H30O. The zero-order valence-electron chi connectivity index (χ0n) is 27.7. The third kappa shape index (κ3) is 4.16. The van der Waals surface area contributed by atoms with E-state index in [0.717, 1.165) is 21.9 Å². The molecule has 0 N–H and O–H groups in total. The number of hydrogen-bond acceptors (Lipinski definition) is 1. The van der Waals surface area contributed by atoms with Gasteiger partial charge in [0.25, 0.3) is 0 Å². The van der Waals surface area contributed by atoms with Crippen LogP contribution in [0.1, 0.15) is 0 Å². The fourth-order valence-corrected chi connectivity index (χ4v) is 8.60. The standard InChI is InChI=1S/C50H30O/c1-2-14-31(15-3-1)47-39-21-9-11-23-41(39)48(42-24-12-10-22-40(42)47)44-30-34(28-33-16-4-5-17-35(33)44)32-26-27-46-45(29-32)49-38-20-8-6-18-36(38)37-19-7-13-25-43(37)50(49)51-46/h1-30H. The molecule has 0 saturated carbocycles. The van der Waals surface area contributed by atoms with Gasteiger partial charge in [0.1, 0.15) is 11.2 Å². The highest BCUT2D eigenvalue weighted by molar-refractivity contribution is 6.30. The minimum Gasteiger partial charge on any atom is -0.455 e. The van der Waals surface area contributed by atoms with Gasteiger partial charge in [0.15, 0.2) is 0 Å². The highest BCUT2D eigenvalue weighted by atomic mass is 16.3. The summed E-state index contributed by atoms with van der Waals surface area (Å²) in [6.07, 6.45) is 0. The summed E-state index contributed by atoms with van der Waals surface area (Å²) in [6.45, 7) is 0. The maximum absolute atomic E-state index is 6.67. The summed E-state index contributed by atoms with van der Waals surface area (Å²) in [7, 11) is 0. The Hall–Kier alpha value is -6.70. The van der Waals surface area contributed by atoms with Crippen molar-refractivity contribution in [3.8, 4) is 33.4 Å². The Labute approximate surface area is 294 Å². The van der Waals surface area contributed by atoms with E-state index in [9.17, 15) is 0 Å². The first-order valence-electron chi connectivity index (χ1n) is 17.6. The molecule has 1 nitrogen and oxygen atoms in total. The quantitative estimate of drug-likeness (QED) is 0.138. The fourth-order valence-electron chi connectivity index (χ4n) is 8.60. The van der Waals surface area contributed by atoms with Crippen LogP contribution in [0.3, 0.4) is 0 Å². The highest BCUT2D eigenvalue weighted by Gasteiger charge is 2.20. The van der Waals surface area contributed by atoms with E-state index in [1.54, 1.807) is 0 Å². The molecule has 0 aliphatic heterocycles. The minimum absolute atomic E-state index is 0.907. The van der Waals surface area contributed by atoms with E-state index in [1.165, 1.54) is 87.2 Å². The Morgan fingerprint density at radius 2 is 0.824 bits per heavy atom. The molecule has 1 aromatic heterocycles. The first-order chi connectivity index (χ1) is 25.3. The number of fused-ring (bicyclic) bond motifs is 11. The van der Waals surface area contributed by atoms with Crippen molar-refractivity contribution < 1.29 is 4.42 Å². The van der Waals surface area contributed by atoms with Crippen LogP contribution in [-0.4, -0.2) is 0 Å². The predicted molar refractivity (Wildman–Crippen MR) is 218 cm³/mol. The van der Waals surface area contributed by atoms with Gasteiger partial charge in [-0.05, 0) is 106 Å². The van der Waals surface area contributed by atoms with Gasteiger partial charge in [0.05, 0.1) is 0 Å². The van der Waals surface area contributed by atoms with Crippen LogP contribution < -0.4 is 0 Å². The third-order valence-corrected chi connectivity index (χ3v) is 10.8. The molecule has 0 saturated heterocycles. The molecule has 11 aromatic rings. The van der Waals surface area contributed by atoms with Crippen LogP contribution in [0.25, 0.3) is 109 Å². The highest BCUT2D eigenvalue weighted by Crippen LogP contribution is 2.47. The van der Waals surface area contributed by atoms with Gasteiger partial charge < -0.3 is 4.42 Å². The van der Waals surface area contributed by atoms with Crippen molar-refractivity contribution in [3.63, 3.8) is 0 Å². The van der Waals surface area contributed by atoms with Crippen molar-refractivity contribution in [2.24, 2.45) is 0 Å². The lowest BCUT2D eigenvalue weighted by atomic mass is 9.84. The fraction of sp³-hybridized carbons (Fsp3) is 0. The molecule has 0 amide bonds. The van der Waals surface area contributed by atoms with E-state index in [0.29, 0.717) is 0 Å². The van der Waals surface area contributed by atoms with Crippen LogP contribution >= 0.6 is 0 Å². The van der Waals surface area contributed by atoms with Crippen LogP contribution in [0.4, 0.5) is 0 Å². The van der Waals surface area contributed by atoms with E-state index in [-0.39, 0.29) is 0 Å². The lowest BCUT2D eigenvalue weighted by Crippen LogP contribution is -1.92. The maximum Gasteiger partial charge on any atom is 0.143 e. The van der Waals surface area contributed by atoms with Crippen molar-refractivity contribution in [1.29, 1.82) is 0 Å². The van der Waals surface area contributed by atoms with Crippen LogP contribution in [0.2, 0.25) is 0 Å². The number of hydrogen-bond donors (Lipinski definition) is 0. The van der Waals surface area contributed by atoms with Crippen molar-refractivity contribution in [2.45, 2.75) is 0 Å². The molecular weight excluding hydrogens is 617 g/mol. The molecule has 0 aliphatic carbocycles. The second kappa shape index (κ2) is 10.9. The number of rotatable bonds is 3. The van der Waals surface area contributed by atoms with E-state index in [1.807, 2.05) is 0 Å². The molecule has 1 heterocycles. The summed E-state index contributed by atoms with van der Waals surface area (Å²) in [5.41, 5.74) is 9.24. The van der Waals surface area contributed by atoms with Crippen LogP contribution in [0, 0.1) is 0 Å². The SMILES string of the molecule is c1ccc(-c2c3ccccc3c(-c3cc(-c4ccc5oc6c7ccccc7c7ccccc7c6c5c4)cc4ccccc34)c3ccccc23)cc1. The van der Waals surface area contributed by atoms with Gasteiger partial charge in [0.2, 0.25) is 0 Å². The van der Waals surface area contributed by atoms with Crippen molar-refractivity contribution in [2.75, 3.05) is 0 Å². The second-order valence-corrected chi connectivity index (χ2v) is 13.6. The lowest BCUT2D eigenvalue weighted by molar-refractivity contribution is 0.673. The van der Waals surface area contributed by atoms with Gasteiger partial charge >= 0.3 is 0 Å². The van der Waals surface area contributed by atoms with E-state index in [2.05, 4.69) is 182 Å².